The lowest BCUT2D eigenvalue weighted by Crippen LogP contribution is -2.09. The molecule has 16 heavy (non-hydrogen) atoms. The van der Waals surface area contributed by atoms with E-state index in [-0.39, 0.29) is 5.82 Å². The van der Waals surface area contributed by atoms with Gasteiger partial charge in [-0.2, -0.15) is 5.10 Å². The van der Waals surface area contributed by atoms with Crippen LogP contribution in [0.2, 0.25) is 0 Å². The molecule has 0 fully saturated rings. The van der Waals surface area contributed by atoms with Gasteiger partial charge in [0.15, 0.2) is 0 Å². The van der Waals surface area contributed by atoms with Gasteiger partial charge in [0, 0.05) is 6.20 Å². The Hall–Kier alpha value is -1.20. The van der Waals surface area contributed by atoms with Crippen molar-refractivity contribution in [2.45, 2.75) is 12.6 Å². The van der Waals surface area contributed by atoms with Crippen molar-refractivity contribution >= 4 is 15.9 Å². The Balaban J connectivity index is 2.11. The lowest BCUT2D eigenvalue weighted by atomic mass is 10.1. The zero-order chi connectivity index (χ0) is 11.5. The van der Waals surface area contributed by atoms with E-state index in [9.17, 15) is 9.50 Å². The molecule has 1 aromatic carbocycles. The molecule has 0 aliphatic carbocycles. The number of nitrogens with zero attached hydrogens (tertiary/aromatic N) is 2. The van der Waals surface area contributed by atoms with Crippen LogP contribution in [0.1, 0.15) is 11.7 Å². The Morgan fingerprint density at radius 2 is 2.31 bits per heavy atom. The molecule has 5 heteroatoms. The lowest BCUT2D eigenvalue weighted by Gasteiger charge is -2.10. The zero-order valence-corrected chi connectivity index (χ0v) is 9.93. The number of aliphatic hydroxyl groups is 1. The fraction of sp³-hybridized carbons (Fsp3) is 0.182. The Bertz CT molecular complexity index is 486. The van der Waals surface area contributed by atoms with Gasteiger partial charge in [0.25, 0.3) is 0 Å². The average Bonchev–Trinajstić information content (AvgIpc) is 2.64. The maximum absolute atomic E-state index is 12.9. The van der Waals surface area contributed by atoms with E-state index in [1.54, 1.807) is 29.2 Å². The highest BCUT2D eigenvalue weighted by Gasteiger charge is 2.09. The molecule has 84 valence electrons. The van der Waals surface area contributed by atoms with Crippen LogP contribution in [-0.4, -0.2) is 14.9 Å². The minimum Gasteiger partial charge on any atom is -0.386 e. The predicted molar refractivity (Wildman–Crippen MR) is 61.3 cm³/mol. The predicted octanol–water partition coefficient (Wildman–Crippen LogP) is 2.52. The molecular weight excluding hydrogens is 275 g/mol. The summed E-state index contributed by atoms with van der Waals surface area (Å²) < 4.78 is 15.4. The van der Waals surface area contributed by atoms with Gasteiger partial charge >= 0.3 is 0 Å². The Morgan fingerprint density at radius 3 is 2.94 bits per heavy atom. The second kappa shape index (κ2) is 4.76. The second-order valence-corrected chi connectivity index (χ2v) is 4.37. The van der Waals surface area contributed by atoms with Crippen molar-refractivity contribution in [3.63, 3.8) is 0 Å². The lowest BCUT2D eigenvalue weighted by molar-refractivity contribution is 0.151. The topological polar surface area (TPSA) is 38.0 Å². The van der Waals surface area contributed by atoms with Crippen molar-refractivity contribution in [3.05, 3.63) is 52.5 Å². The first-order chi connectivity index (χ1) is 7.65. The molecule has 0 aliphatic heterocycles. The molecule has 1 atom stereocenters. The Labute approximate surface area is 101 Å². The quantitative estimate of drug-likeness (QED) is 0.941. The molecule has 2 aromatic rings. The monoisotopic (exact) mass is 284 g/mol. The molecule has 1 N–H and O–H groups in total. The first-order valence-electron chi connectivity index (χ1n) is 4.76. The minimum absolute atomic E-state index is 0.301. The van der Waals surface area contributed by atoms with E-state index in [2.05, 4.69) is 21.0 Å². The summed E-state index contributed by atoms with van der Waals surface area (Å²) in [6.45, 7) is 0.301. The molecule has 3 nitrogen and oxygen atoms in total. The largest absolute Gasteiger partial charge is 0.386 e. The molecule has 2 rings (SSSR count). The molecule has 1 aromatic heterocycles. The SMILES string of the molecule is OC(Cn1cc(Br)cn1)c1cccc(F)c1. The van der Waals surface area contributed by atoms with Gasteiger partial charge in [0.2, 0.25) is 0 Å². The maximum atomic E-state index is 12.9. The van der Waals surface area contributed by atoms with Crippen LogP contribution in [0.15, 0.2) is 41.1 Å². The van der Waals surface area contributed by atoms with Gasteiger partial charge in [0.1, 0.15) is 5.82 Å². The van der Waals surface area contributed by atoms with Crippen LogP contribution in [0.4, 0.5) is 4.39 Å². The van der Waals surface area contributed by atoms with Gasteiger partial charge in [0.05, 0.1) is 23.3 Å². The van der Waals surface area contributed by atoms with E-state index in [1.165, 1.54) is 12.1 Å². The summed E-state index contributed by atoms with van der Waals surface area (Å²) in [6.07, 6.45) is 2.63. The van der Waals surface area contributed by atoms with Gasteiger partial charge in [-0.05, 0) is 33.6 Å². The molecule has 0 amide bonds. The van der Waals surface area contributed by atoms with Crippen LogP contribution in [0, 0.1) is 5.82 Å². The highest BCUT2D eigenvalue weighted by molar-refractivity contribution is 9.10. The summed E-state index contributed by atoms with van der Waals surface area (Å²) in [5.41, 5.74) is 0.548. The van der Waals surface area contributed by atoms with Crippen molar-refractivity contribution in [1.29, 1.82) is 0 Å². The third-order valence-electron chi connectivity index (χ3n) is 2.20. The van der Waals surface area contributed by atoms with Gasteiger partial charge in [-0.3, -0.25) is 4.68 Å². The number of aromatic nitrogens is 2. The summed E-state index contributed by atoms with van der Waals surface area (Å²) in [5, 5.41) is 13.9. The number of rotatable bonds is 3. The van der Waals surface area contributed by atoms with E-state index >= 15 is 0 Å². The molecular formula is C11H10BrFN2O. The third kappa shape index (κ3) is 2.68. The number of halogens is 2. The summed E-state index contributed by atoms with van der Waals surface area (Å²) in [6, 6.07) is 5.93. The highest BCUT2D eigenvalue weighted by atomic mass is 79.9. The van der Waals surface area contributed by atoms with Crippen molar-refractivity contribution in [3.8, 4) is 0 Å². The molecule has 1 heterocycles. The first kappa shape index (κ1) is 11.3. The number of benzene rings is 1. The van der Waals surface area contributed by atoms with Crippen LogP contribution in [0.25, 0.3) is 0 Å². The molecule has 0 saturated carbocycles. The average molecular weight is 285 g/mol. The maximum Gasteiger partial charge on any atom is 0.123 e. The van der Waals surface area contributed by atoms with Crippen molar-refractivity contribution in [1.82, 2.24) is 9.78 Å². The summed E-state index contributed by atoms with van der Waals surface area (Å²) in [4.78, 5) is 0. The van der Waals surface area contributed by atoms with Crippen LogP contribution in [0.3, 0.4) is 0 Å². The molecule has 0 bridgehead atoms. The first-order valence-corrected chi connectivity index (χ1v) is 5.56. The molecule has 1 unspecified atom stereocenters. The minimum atomic E-state index is -0.762. The Morgan fingerprint density at radius 1 is 1.50 bits per heavy atom. The number of hydrogen-bond acceptors (Lipinski definition) is 2. The standard InChI is InChI=1S/C11H10BrFN2O/c12-9-5-14-15(6-9)7-11(16)8-2-1-3-10(13)4-8/h1-6,11,16H,7H2. The molecule has 0 radical (unpaired) electrons. The number of aliphatic hydroxyl groups excluding tert-OH is 1. The van der Waals surface area contributed by atoms with Crippen molar-refractivity contribution < 1.29 is 9.50 Å². The van der Waals surface area contributed by atoms with E-state index in [1.807, 2.05) is 0 Å². The van der Waals surface area contributed by atoms with Gasteiger partial charge in [-0.15, -0.1) is 0 Å². The van der Waals surface area contributed by atoms with Crippen LogP contribution >= 0.6 is 15.9 Å². The van der Waals surface area contributed by atoms with E-state index in [0.29, 0.717) is 12.1 Å². The van der Waals surface area contributed by atoms with E-state index in [0.717, 1.165) is 4.47 Å². The van der Waals surface area contributed by atoms with Crippen molar-refractivity contribution in [2.24, 2.45) is 0 Å². The van der Waals surface area contributed by atoms with E-state index < -0.39 is 6.10 Å². The van der Waals surface area contributed by atoms with Gasteiger partial charge in [-0.25, -0.2) is 4.39 Å². The number of hydrogen-bond donors (Lipinski definition) is 1. The molecule has 0 aliphatic rings. The van der Waals surface area contributed by atoms with Crippen LogP contribution in [-0.2, 0) is 6.54 Å². The molecule has 0 saturated heterocycles. The second-order valence-electron chi connectivity index (χ2n) is 3.45. The highest BCUT2D eigenvalue weighted by Crippen LogP contribution is 2.16. The smallest absolute Gasteiger partial charge is 0.123 e. The summed E-state index contributed by atoms with van der Waals surface area (Å²) >= 11 is 3.26. The van der Waals surface area contributed by atoms with Gasteiger partial charge < -0.3 is 5.11 Å². The Kier molecular flexibility index (Phi) is 3.36. The van der Waals surface area contributed by atoms with Crippen LogP contribution < -0.4 is 0 Å². The summed E-state index contributed by atoms with van der Waals surface area (Å²) in [5.74, 6) is -0.349. The molecule has 0 spiro atoms. The normalized spacial score (nSPS) is 12.7. The zero-order valence-electron chi connectivity index (χ0n) is 8.35. The van der Waals surface area contributed by atoms with Gasteiger partial charge in [-0.1, -0.05) is 12.1 Å². The van der Waals surface area contributed by atoms with E-state index in [4.69, 9.17) is 0 Å². The third-order valence-corrected chi connectivity index (χ3v) is 2.60. The van der Waals surface area contributed by atoms with Crippen LogP contribution in [0.5, 0.6) is 0 Å². The van der Waals surface area contributed by atoms with Crippen molar-refractivity contribution in [2.75, 3.05) is 0 Å². The fourth-order valence-corrected chi connectivity index (χ4v) is 1.76. The fourth-order valence-electron chi connectivity index (χ4n) is 1.43. The summed E-state index contributed by atoms with van der Waals surface area (Å²) in [7, 11) is 0.